The van der Waals surface area contributed by atoms with Gasteiger partial charge in [0.25, 0.3) is 0 Å². The number of carbonyl (C=O) groups is 1. The monoisotopic (exact) mass is 284 g/mol. The summed E-state index contributed by atoms with van der Waals surface area (Å²) in [7, 11) is 0. The van der Waals surface area contributed by atoms with Gasteiger partial charge in [0.05, 0.1) is 5.56 Å². The molecule has 0 unspecified atom stereocenters. The molecule has 0 saturated carbocycles. The zero-order valence-electron chi connectivity index (χ0n) is 10.1. The van der Waals surface area contributed by atoms with E-state index in [0.29, 0.717) is 10.7 Å². The van der Waals surface area contributed by atoms with Crippen LogP contribution in [0.15, 0.2) is 52.9 Å². The van der Waals surface area contributed by atoms with Crippen LogP contribution in [-0.2, 0) is 0 Å². The van der Waals surface area contributed by atoms with Crippen LogP contribution in [0.1, 0.15) is 10.4 Å². The predicted octanol–water partition coefficient (Wildman–Crippen LogP) is 2.27. The first-order chi connectivity index (χ1) is 9.72. The molecule has 0 aliphatic rings. The summed E-state index contributed by atoms with van der Waals surface area (Å²) in [6.07, 6.45) is 4.53. The summed E-state index contributed by atoms with van der Waals surface area (Å²) in [6.45, 7) is 0. The quantitative estimate of drug-likeness (QED) is 0.789. The van der Waals surface area contributed by atoms with Gasteiger partial charge in [-0.1, -0.05) is 11.8 Å². The number of aromatic carboxylic acids is 1. The van der Waals surface area contributed by atoms with Crippen molar-refractivity contribution >= 4 is 28.9 Å². The highest BCUT2D eigenvalue weighted by atomic mass is 32.2. The van der Waals surface area contributed by atoms with Crippen LogP contribution in [0.2, 0.25) is 0 Å². The largest absolute Gasteiger partial charge is 0.478 e. The van der Waals surface area contributed by atoms with Gasteiger partial charge in [-0.25, -0.2) is 19.7 Å². The molecule has 3 rings (SSSR count). The van der Waals surface area contributed by atoms with Crippen molar-refractivity contribution in [3.05, 3.63) is 48.4 Å². The van der Waals surface area contributed by atoms with Crippen LogP contribution in [0.4, 0.5) is 0 Å². The Bertz CT molecular complexity index is 777. The fraction of sp³-hybridized carbons (Fsp3) is 0. The number of rotatable bonds is 3. The van der Waals surface area contributed by atoms with Gasteiger partial charge in [-0.3, -0.25) is 4.98 Å². The third-order valence-corrected chi connectivity index (χ3v) is 3.39. The molecule has 0 amide bonds. The number of hydrogen-bond acceptors (Lipinski definition) is 6. The minimum Gasteiger partial charge on any atom is -0.478 e. The van der Waals surface area contributed by atoms with E-state index in [-0.39, 0.29) is 5.56 Å². The van der Waals surface area contributed by atoms with Crippen molar-refractivity contribution in [3.8, 4) is 0 Å². The zero-order chi connectivity index (χ0) is 13.9. The van der Waals surface area contributed by atoms with E-state index in [1.54, 1.807) is 18.5 Å². The van der Waals surface area contributed by atoms with Gasteiger partial charge in [0.1, 0.15) is 15.6 Å². The number of carboxylic acid groups (broad SMARTS) is 1. The molecule has 0 saturated heterocycles. The van der Waals surface area contributed by atoms with Crippen molar-refractivity contribution in [1.82, 2.24) is 19.9 Å². The molecule has 98 valence electrons. The van der Waals surface area contributed by atoms with Gasteiger partial charge in [0.15, 0.2) is 5.65 Å². The second kappa shape index (κ2) is 5.22. The molecular formula is C13H8N4O2S. The van der Waals surface area contributed by atoms with Gasteiger partial charge in [-0.05, 0) is 24.3 Å². The maximum absolute atomic E-state index is 10.7. The van der Waals surface area contributed by atoms with Crippen molar-refractivity contribution in [3.63, 3.8) is 0 Å². The van der Waals surface area contributed by atoms with Crippen LogP contribution in [0.3, 0.4) is 0 Å². The van der Waals surface area contributed by atoms with E-state index in [1.807, 2.05) is 12.1 Å². The molecule has 0 atom stereocenters. The van der Waals surface area contributed by atoms with Crippen molar-refractivity contribution in [1.29, 1.82) is 0 Å². The van der Waals surface area contributed by atoms with Crippen LogP contribution < -0.4 is 0 Å². The van der Waals surface area contributed by atoms with Gasteiger partial charge in [0, 0.05) is 18.6 Å². The molecule has 0 bridgehead atoms. The first-order valence-corrected chi connectivity index (χ1v) is 6.49. The highest BCUT2D eigenvalue weighted by Gasteiger charge is 2.06. The molecule has 0 aliphatic heterocycles. The lowest BCUT2D eigenvalue weighted by Gasteiger charge is -2.01. The van der Waals surface area contributed by atoms with E-state index in [1.165, 1.54) is 24.0 Å². The topological polar surface area (TPSA) is 88.9 Å². The average Bonchev–Trinajstić information content (AvgIpc) is 2.48. The molecule has 0 radical (unpaired) electrons. The van der Waals surface area contributed by atoms with Crippen molar-refractivity contribution in [2.45, 2.75) is 10.1 Å². The molecule has 7 heteroatoms. The van der Waals surface area contributed by atoms with E-state index in [0.717, 1.165) is 10.5 Å². The minimum absolute atomic E-state index is 0.159. The summed E-state index contributed by atoms with van der Waals surface area (Å²) in [6, 6.07) is 6.83. The van der Waals surface area contributed by atoms with Crippen molar-refractivity contribution in [2.24, 2.45) is 0 Å². The molecule has 6 nitrogen and oxygen atoms in total. The normalized spacial score (nSPS) is 10.6. The fourth-order valence-electron chi connectivity index (χ4n) is 1.57. The maximum Gasteiger partial charge on any atom is 0.337 e. The Morgan fingerprint density at radius 1 is 1.00 bits per heavy atom. The Hall–Kier alpha value is -2.54. The Balaban J connectivity index is 1.87. The smallest absolute Gasteiger partial charge is 0.337 e. The summed E-state index contributed by atoms with van der Waals surface area (Å²) < 4.78 is 0. The Morgan fingerprint density at radius 3 is 2.55 bits per heavy atom. The molecule has 0 aromatic carbocycles. The molecule has 0 spiro atoms. The van der Waals surface area contributed by atoms with Gasteiger partial charge in [0.2, 0.25) is 0 Å². The number of fused-ring (bicyclic) bond motifs is 1. The van der Waals surface area contributed by atoms with Crippen LogP contribution in [-0.4, -0.2) is 31.0 Å². The standard InChI is InChI=1S/C13H8N4O2S/c18-13(19)8-1-3-10(16-7-8)20-11-4-2-9-12(17-11)15-6-5-14-9/h1-7H,(H,18,19). The maximum atomic E-state index is 10.7. The summed E-state index contributed by atoms with van der Waals surface area (Å²) in [4.78, 5) is 27.5. The molecule has 3 aromatic rings. The fourth-order valence-corrected chi connectivity index (χ4v) is 2.29. The average molecular weight is 284 g/mol. The van der Waals surface area contributed by atoms with Crippen LogP contribution in [0, 0.1) is 0 Å². The second-order valence-electron chi connectivity index (χ2n) is 3.84. The molecular weight excluding hydrogens is 276 g/mol. The Morgan fingerprint density at radius 2 is 1.80 bits per heavy atom. The highest BCUT2D eigenvalue weighted by molar-refractivity contribution is 7.99. The Labute approximate surface area is 117 Å². The zero-order valence-corrected chi connectivity index (χ0v) is 10.9. The summed E-state index contributed by atoms with van der Waals surface area (Å²) >= 11 is 1.34. The second-order valence-corrected chi connectivity index (χ2v) is 4.88. The lowest BCUT2D eigenvalue weighted by atomic mass is 10.3. The van der Waals surface area contributed by atoms with E-state index >= 15 is 0 Å². The summed E-state index contributed by atoms with van der Waals surface area (Å²) in [5, 5.41) is 10.2. The van der Waals surface area contributed by atoms with E-state index in [2.05, 4.69) is 19.9 Å². The summed E-state index contributed by atoms with van der Waals surface area (Å²) in [5.74, 6) is -0.992. The molecule has 3 aromatic heterocycles. The van der Waals surface area contributed by atoms with Crippen molar-refractivity contribution in [2.75, 3.05) is 0 Å². The summed E-state index contributed by atoms with van der Waals surface area (Å²) in [5.41, 5.74) is 1.46. The predicted molar refractivity (Wildman–Crippen MR) is 72.7 cm³/mol. The third-order valence-electron chi connectivity index (χ3n) is 2.50. The number of hydrogen-bond donors (Lipinski definition) is 1. The molecule has 0 aliphatic carbocycles. The molecule has 0 fully saturated rings. The van der Waals surface area contributed by atoms with E-state index < -0.39 is 5.97 Å². The van der Waals surface area contributed by atoms with E-state index in [9.17, 15) is 4.79 Å². The Kier molecular flexibility index (Phi) is 3.26. The first-order valence-electron chi connectivity index (χ1n) is 5.67. The van der Waals surface area contributed by atoms with Gasteiger partial charge >= 0.3 is 5.97 Å². The van der Waals surface area contributed by atoms with Gasteiger partial charge in [-0.15, -0.1) is 0 Å². The third kappa shape index (κ3) is 2.57. The van der Waals surface area contributed by atoms with E-state index in [4.69, 9.17) is 5.11 Å². The van der Waals surface area contributed by atoms with Gasteiger partial charge < -0.3 is 5.11 Å². The number of carboxylic acids is 1. The van der Waals surface area contributed by atoms with Crippen LogP contribution in [0.5, 0.6) is 0 Å². The highest BCUT2D eigenvalue weighted by Crippen LogP contribution is 2.25. The molecule has 3 heterocycles. The number of aromatic nitrogens is 4. The lowest BCUT2D eigenvalue weighted by molar-refractivity contribution is 0.0696. The van der Waals surface area contributed by atoms with Crippen molar-refractivity contribution < 1.29 is 9.90 Å². The number of nitrogens with zero attached hydrogens (tertiary/aromatic N) is 4. The van der Waals surface area contributed by atoms with Crippen LogP contribution in [0.25, 0.3) is 11.2 Å². The first kappa shape index (κ1) is 12.5. The minimum atomic E-state index is -0.992. The van der Waals surface area contributed by atoms with Crippen LogP contribution >= 0.6 is 11.8 Å². The molecule has 1 N–H and O–H groups in total. The number of pyridine rings is 2. The van der Waals surface area contributed by atoms with Gasteiger partial charge in [-0.2, -0.15) is 0 Å². The molecule has 20 heavy (non-hydrogen) atoms. The SMILES string of the molecule is O=C(O)c1ccc(Sc2ccc3nccnc3n2)nc1. The lowest BCUT2D eigenvalue weighted by Crippen LogP contribution is -1.96.